The molecule has 0 saturated heterocycles. The predicted octanol–water partition coefficient (Wildman–Crippen LogP) is 3.77. The standard InChI is InChI=1S/C21H20NO2/c1-15(23)24-21(17-11-6-3-7-12-17)19-14-8-13-18(19)20(22)16-9-4-2-5-10-16/h2-14,20-21H,22H2,1H3/t20-,21-/m0/s1. The zero-order chi connectivity index (χ0) is 16.9. The summed E-state index contributed by atoms with van der Waals surface area (Å²) in [6, 6.07) is 19.4. The van der Waals surface area contributed by atoms with E-state index in [1.54, 1.807) is 0 Å². The third kappa shape index (κ3) is 3.68. The van der Waals surface area contributed by atoms with Crippen LogP contribution in [-0.2, 0) is 9.53 Å². The fourth-order valence-electron chi connectivity index (χ4n) is 2.91. The summed E-state index contributed by atoms with van der Waals surface area (Å²) in [6.45, 7) is 1.43. The number of carbonyl (C=O) groups excluding carboxylic acids is 1. The van der Waals surface area contributed by atoms with Gasteiger partial charge in [0, 0.05) is 24.8 Å². The monoisotopic (exact) mass is 318 g/mol. The molecule has 0 bridgehead atoms. The van der Waals surface area contributed by atoms with Crippen LogP contribution in [0, 0.1) is 31.1 Å². The van der Waals surface area contributed by atoms with Crippen LogP contribution >= 0.6 is 0 Å². The number of hydrogen-bond acceptors (Lipinski definition) is 3. The normalized spacial score (nSPS) is 18.2. The Morgan fingerprint density at radius 2 is 1.42 bits per heavy atom. The molecule has 2 atom stereocenters. The lowest BCUT2D eigenvalue weighted by Crippen LogP contribution is -2.27. The maximum Gasteiger partial charge on any atom is 0.303 e. The Hall–Kier alpha value is -2.13. The lowest BCUT2D eigenvalue weighted by Gasteiger charge is -2.31. The maximum absolute atomic E-state index is 11.6. The van der Waals surface area contributed by atoms with Crippen LogP contribution in [0.3, 0.4) is 0 Å². The van der Waals surface area contributed by atoms with Gasteiger partial charge in [0.15, 0.2) is 0 Å². The van der Waals surface area contributed by atoms with Crippen molar-refractivity contribution in [2.24, 2.45) is 5.73 Å². The molecule has 2 aromatic rings. The Bertz CT molecular complexity index is 656. The van der Waals surface area contributed by atoms with E-state index in [1.807, 2.05) is 79.9 Å². The summed E-state index contributed by atoms with van der Waals surface area (Å²) < 4.78 is 5.61. The molecule has 2 aromatic carbocycles. The van der Waals surface area contributed by atoms with Gasteiger partial charge in [0.2, 0.25) is 0 Å². The van der Waals surface area contributed by atoms with Gasteiger partial charge in [-0.15, -0.1) is 0 Å². The van der Waals surface area contributed by atoms with Crippen molar-refractivity contribution in [2.75, 3.05) is 0 Å². The van der Waals surface area contributed by atoms with Crippen LogP contribution in [0.15, 0.2) is 60.7 Å². The second-order valence-electron chi connectivity index (χ2n) is 5.72. The number of hydrogen-bond donors (Lipinski definition) is 1. The smallest absolute Gasteiger partial charge is 0.303 e. The van der Waals surface area contributed by atoms with Crippen molar-refractivity contribution in [3.8, 4) is 0 Å². The molecule has 0 amide bonds. The minimum Gasteiger partial charge on any atom is -0.457 e. The van der Waals surface area contributed by atoms with Gasteiger partial charge >= 0.3 is 5.97 Å². The van der Waals surface area contributed by atoms with Crippen molar-refractivity contribution in [1.82, 2.24) is 0 Å². The predicted molar refractivity (Wildman–Crippen MR) is 93.7 cm³/mol. The minimum atomic E-state index is -0.455. The van der Waals surface area contributed by atoms with Crippen LogP contribution < -0.4 is 5.73 Å². The Morgan fingerprint density at radius 3 is 2.00 bits per heavy atom. The van der Waals surface area contributed by atoms with Crippen LogP contribution in [0.4, 0.5) is 0 Å². The SMILES string of the molecule is CC(=O)O[C@H]([C]1[CH][CH][CH][C]1[C@@H](N)c1ccccc1)c1ccccc1. The van der Waals surface area contributed by atoms with Crippen LogP contribution in [0.1, 0.15) is 30.2 Å². The zero-order valence-corrected chi connectivity index (χ0v) is 13.6. The molecule has 24 heavy (non-hydrogen) atoms. The highest BCUT2D eigenvalue weighted by Gasteiger charge is 2.41. The summed E-state index contributed by atoms with van der Waals surface area (Å²) >= 11 is 0. The van der Waals surface area contributed by atoms with Gasteiger partial charge in [-0.2, -0.15) is 0 Å². The largest absolute Gasteiger partial charge is 0.457 e. The zero-order valence-electron chi connectivity index (χ0n) is 13.6. The highest BCUT2D eigenvalue weighted by molar-refractivity contribution is 5.67. The van der Waals surface area contributed by atoms with Gasteiger partial charge in [-0.25, -0.2) is 0 Å². The molecule has 1 fully saturated rings. The van der Waals surface area contributed by atoms with Gasteiger partial charge in [-0.05, 0) is 30.4 Å². The molecule has 1 saturated carbocycles. The molecule has 1 aliphatic rings. The van der Waals surface area contributed by atoms with Gasteiger partial charge < -0.3 is 10.5 Å². The van der Waals surface area contributed by atoms with E-state index < -0.39 is 6.10 Å². The lowest BCUT2D eigenvalue weighted by molar-refractivity contribution is -0.145. The van der Waals surface area contributed by atoms with Gasteiger partial charge in [0.1, 0.15) is 6.10 Å². The first-order valence-electron chi connectivity index (χ1n) is 7.95. The van der Waals surface area contributed by atoms with Crippen LogP contribution in [-0.4, -0.2) is 5.97 Å². The summed E-state index contributed by atoms with van der Waals surface area (Å²) in [7, 11) is 0. The molecule has 121 valence electrons. The number of rotatable bonds is 5. The minimum absolute atomic E-state index is 0.266. The van der Waals surface area contributed by atoms with Gasteiger partial charge in [-0.3, -0.25) is 4.79 Å². The van der Waals surface area contributed by atoms with E-state index >= 15 is 0 Å². The molecule has 5 radical (unpaired) electrons. The highest BCUT2D eigenvalue weighted by Crippen LogP contribution is 2.48. The van der Waals surface area contributed by atoms with E-state index in [-0.39, 0.29) is 12.0 Å². The molecule has 0 heterocycles. The summed E-state index contributed by atoms with van der Waals surface area (Å²) in [5, 5.41) is 0. The summed E-state index contributed by atoms with van der Waals surface area (Å²) in [5.74, 6) is 1.58. The molecular weight excluding hydrogens is 298 g/mol. The average molecular weight is 318 g/mol. The molecule has 0 aliphatic heterocycles. The van der Waals surface area contributed by atoms with Crippen LogP contribution in [0.2, 0.25) is 0 Å². The maximum atomic E-state index is 11.6. The fourth-order valence-corrected chi connectivity index (χ4v) is 2.91. The Labute approximate surface area is 143 Å². The van der Waals surface area contributed by atoms with Crippen molar-refractivity contribution in [1.29, 1.82) is 0 Å². The first kappa shape index (κ1) is 16.7. The lowest BCUT2D eigenvalue weighted by atomic mass is 9.80. The first-order valence-corrected chi connectivity index (χ1v) is 7.95. The quantitative estimate of drug-likeness (QED) is 0.854. The van der Waals surface area contributed by atoms with E-state index in [9.17, 15) is 4.79 Å². The van der Waals surface area contributed by atoms with E-state index in [2.05, 4.69) is 0 Å². The van der Waals surface area contributed by atoms with Crippen molar-refractivity contribution >= 4 is 5.97 Å². The number of ether oxygens (including phenoxy) is 1. The van der Waals surface area contributed by atoms with Crippen molar-refractivity contribution in [3.63, 3.8) is 0 Å². The topological polar surface area (TPSA) is 52.3 Å². The molecule has 3 nitrogen and oxygen atoms in total. The van der Waals surface area contributed by atoms with Crippen molar-refractivity contribution < 1.29 is 9.53 Å². The van der Waals surface area contributed by atoms with Crippen LogP contribution in [0.25, 0.3) is 0 Å². The first-order chi connectivity index (χ1) is 11.7. The second kappa shape index (κ2) is 7.63. The second-order valence-corrected chi connectivity index (χ2v) is 5.72. The molecule has 1 aliphatic carbocycles. The molecule has 0 unspecified atom stereocenters. The molecule has 3 rings (SSSR count). The van der Waals surface area contributed by atoms with E-state index in [0.717, 1.165) is 23.0 Å². The molecule has 2 N–H and O–H groups in total. The van der Waals surface area contributed by atoms with Gasteiger partial charge in [0.25, 0.3) is 0 Å². The van der Waals surface area contributed by atoms with Gasteiger partial charge in [-0.1, -0.05) is 60.7 Å². The summed E-state index contributed by atoms with van der Waals surface area (Å²) in [4.78, 5) is 11.6. The number of nitrogens with two attached hydrogens (primary N) is 1. The van der Waals surface area contributed by atoms with Crippen molar-refractivity contribution in [3.05, 3.63) is 103 Å². The molecule has 3 heteroatoms. The summed E-state index contributed by atoms with van der Waals surface area (Å²) in [6.07, 6.45) is 5.46. The molecule has 0 aromatic heterocycles. The fraction of sp³-hybridized carbons (Fsp3) is 0.143. The van der Waals surface area contributed by atoms with Gasteiger partial charge in [0.05, 0.1) is 0 Å². The van der Waals surface area contributed by atoms with E-state index in [4.69, 9.17) is 10.5 Å². The highest BCUT2D eigenvalue weighted by atomic mass is 16.5. The Balaban J connectivity index is 1.87. The number of benzene rings is 2. The van der Waals surface area contributed by atoms with Crippen molar-refractivity contribution in [2.45, 2.75) is 19.1 Å². The number of esters is 1. The molecular formula is C21H20NO2. The third-order valence-electron chi connectivity index (χ3n) is 4.05. The van der Waals surface area contributed by atoms with Crippen LogP contribution in [0.5, 0.6) is 0 Å². The Kier molecular flexibility index (Phi) is 5.31. The molecule has 0 spiro atoms. The van der Waals surface area contributed by atoms with E-state index in [1.165, 1.54) is 6.92 Å². The number of carbonyl (C=O) groups is 1. The Morgan fingerprint density at radius 1 is 0.875 bits per heavy atom. The third-order valence-corrected chi connectivity index (χ3v) is 4.05. The average Bonchev–Trinajstić information content (AvgIpc) is 3.10. The van der Waals surface area contributed by atoms with E-state index in [0.29, 0.717) is 0 Å². The summed E-state index contributed by atoms with van der Waals surface area (Å²) in [5.41, 5.74) is 8.43.